The van der Waals surface area contributed by atoms with Gasteiger partial charge in [-0.05, 0) is 25.7 Å². The molecular weight excluding hydrogens is 378 g/mol. The van der Waals surface area contributed by atoms with Crippen molar-refractivity contribution in [2.75, 3.05) is 19.8 Å². The van der Waals surface area contributed by atoms with Crippen LogP contribution in [0.2, 0.25) is 0 Å². The van der Waals surface area contributed by atoms with Crippen LogP contribution in [0.1, 0.15) is 122 Å². The maximum absolute atomic E-state index is 12.4. The van der Waals surface area contributed by atoms with Crippen LogP contribution >= 0.6 is 0 Å². The van der Waals surface area contributed by atoms with Crippen molar-refractivity contribution < 1.29 is 19.7 Å². The number of carbonyl (C=O) groups excluding carboxylic acids is 1. The van der Waals surface area contributed by atoms with E-state index >= 15 is 0 Å². The number of carbonyl (C=O) groups is 1. The summed E-state index contributed by atoms with van der Waals surface area (Å²) in [5.41, 5.74) is 0. The Morgan fingerprint density at radius 2 is 1.03 bits per heavy atom. The Morgan fingerprint density at radius 3 is 1.40 bits per heavy atom. The van der Waals surface area contributed by atoms with Gasteiger partial charge in [0, 0.05) is 13.2 Å². The predicted octanol–water partition coefficient (Wildman–Crippen LogP) is 6.07. The summed E-state index contributed by atoms with van der Waals surface area (Å²) >= 11 is 0. The summed E-state index contributed by atoms with van der Waals surface area (Å²) in [5, 5.41) is 26.2. The molecule has 0 atom stereocenters. The molecule has 0 radical (unpaired) electrons. The third-order valence-corrected chi connectivity index (χ3v) is 5.71. The van der Waals surface area contributed by atoms with Crippen LogP contribution in [0.25, 0.3) is 0 Å². The number of aliphatic hydroxyl groups is 2. The molecule has 0 aromatic heterocycles. The third kappa shape index (κ3) is 20.2. The summed E-state index contributed by atoms with van der Waals surface area (Å²) in [4.78, 5) is 12.4. The summed E-state index contributed by atoms with van der Waals surface area (Å²) in [6, 6.07) is 2.03. The van der Waals surface area contributed by atoms with Crippen molar-refractivity contribution in [3.8, 4) is 6.07 Å². The van der Waals surface area contributed by atoms with Crippen LogP contribution in [0, 0.1) is 17.2 Å². The lowest BCUT2D eigenvalue weighted by molar-refractivity contribution is -0.149. The number of aliphatic hydroxyl groups excluding tert-OH is 2. The van der Waals surface area contributed by atoms with Gasteiger partial charge in [-0.15, -0.1) is 0 Å². The average molecular weight is 426 g/mol. The molecule has 0 aliphatic carbocycles. The highest BCUT2D eigenvalue weighted by atomic mass is 16.5. The van der Waals surface area contributed by atoms with Crippen molar-refractivity contribution in [1.29, 1.82) is 5.26 Å². The minimum absolute atomic E-state index is 0.0159. The van der Waals surface area contributed by atoms with Gasteiger partial charge in [0.2, 0.25) is 0 Å². The first-order valence-corrected chi connectivity index (χ1v) is 12.5. The summed E-state index contributed by atoms with van der Waals surface area (Å²) in [6.45, 7) is 0.820. The third-order valence-electron chi connectivity index (χ3n) is 5.71. The molecule has 0 saturated heterocycles. The Morgan fingerprint density at radius 1 is 0.667 bits per heavy atom. The molecule has 0 aliphatic heterocycles. The van der Waals surface area contributed by atoms with Crippen LogP contribution in [-0.4, -0.2) is 36.0 Å². The van der Waals surface area contributed by atoms with Crippen molar-refractivity contribution in [3.63, 3.8) is 0 Å². The van der Waals surface area contributed by atoms with Crippen molar-refractivity contribution in [1.82, 2.24) is 0 Å². The van der Waals surface area contributed by atoms with Gasteiger partial charge >= 0.3 is 5.97 Å². The van der Waals surface area contributed by atoms with Gasteiger partial charge in [-0.3, -0.25) is 4.79 Å². The normalized spacial score (nSPS) is 11.0. The lowest BCUT2D eigenvalue weighted by atomic mass is 9.94. The number of hydrogen-bond acceptors (Lipinski definition) is 5. The summed E-state index contributed by atoms with van der Waals surface area (Å²) in [5.74, 6) is -0.129. The molecular formula is C25H47NO4. The van der Waals surface area contributed by atoms with E-state index in [9.17, 15) is 4.79 Å². The van der Waals surface area contributed by atoms with Gasteiger partial charge < -0.3 is 14.9 Å². The Balaban J connectivity index is 3.92. The molecule has 0 amide bonds. The van der Waals surface area contributed by atoms with Gasteiger partial charge in [-0.25, -0.2) is 0 Å². The second-order valence-corrected chi connectivity index (χ2v) is 8.45. The molecule has 0 aromatic carbocycles. The van der Waals surface area contributed by atoms with Gasteiger partial charge in [0.05, 0.1) is 18.4 Å². The Bertz CT molecular complexity index is 386. The first-order chi connectivity index (χ1) is 14.8. The topological polar surface area (TPSA) is 90.5 Å². The van der Waals surface area contributed by atoms with Crippen molar-refractivity contribution >= 4 is 5.97 Å². The van der Waals surface area contributed by atoms with Gasteiger partial charge in [0.15, 0.2) is 0 Å². The van der Waals surface area contributed by atoms with E-state index in [1.165, 1.54) is 51.4 Å². The second-order valence-electron chi connectivity index (χ2n) is 8.45. The molecule has 0 fully saturated rings. The van der Waals surface area contributed by atoms with Crippen LogP contribution in [0.5, 0.6) is 0 Å². The van der Waals surface area contributed by atoms with E-state index in [0.717, 1.165) is 64.2 Å². The number of nitriles is 1. The molecule has 5 heteroatoms. The lowest BCUT2D eigenvalue weighted by Crippen LogP contribution is -2.18. The Kier molecular flexibility index (Phi) is 23.3. The van der Waals surface area contributed by atoms with E-state index < -0.39 is 0 Å². The van der Waals surface area contributed by atoms with Gasteiger partial charge in [-0.1, -0.05) is 89.9 Å². The van der Waals surface area contributed by atoms with Crippen LogP contribution in [0.4, 0.5) is 0 Å². The number of esters is 1. The molecule has 0 unspecified atom stereocenters. The monoisotopic (exact) mass is 425 g/mol. The summed E-state index contributed by atoms with van der Waals surface area (Å²) in [7, 11) is 0. The predicted molar refractivity (Wildman–Crippen MR) is 122 cm³/mol. The fourth-order valence-electron chi connectivity index (χ4n) is 3.82. The van der Waals surface area contributed by atoms with Crippen molar-refractivity contribution in [3.05, 3.63) is 0 Å². The Labute approximate surface area is 185 Å². The highest BCUT2D eigenvalue weighted by molar-refractivity contribution is 5.72. The second kappa shape index (κ2) is 24.2. The largest absolute Gasteiger partial charge is 0.464 e. The zero-order valence-corrected chi connectivity index (χ0v) is 19.3. The number of unbranched alkanes of at least 4 members (excludes halogenated alkanes) is 14. The number of hydrogen-bond donors (Lipinski definition) is 2. The zero-order chi connectivity index (χ0) is 22.1. The van der Waals surface area contributed by atoms with Crippen LogP contribution in [0.3, 0.4) is 0 Å². The minimum atomic E-state index is -0.113. The maximum Gasteiger partial charge on any atom is 0.308 e. The van der Waals surface area contributed by atoms with Crippen molar-refractivity contribution in [2.45, 2.75) is 122 Å². The molecule has 0 spiro atoms. The first kappa shape index (κ1) is 28.9. The van der Waals surface area contributed by atoms with Crippen LogP contribution in [-0.2, 0) is 9.53 Å². The molecule has 2 N–H and O–H groups in total. The number of ether oxygens (including phenoxy) is 1. The van der Waals surface area contributed by atoms with E-state index in [1.807, 2.05) is 6.07 Å². The fraction of sp³-hybridized carbons (Fsp3) is 0.920. The molecule has 0 aliphatic rings. The first-order valence-electron chi connectivity index (χ1n) is 12.5. The summed E-state index contributed by atoms with van der Waals surface area (Å²) < 4.78 is 5.31. The molecule has 5 nitrogen and oxygen atoms in total. The lowest BCUT2D eigenvalue weighted by Gasteiger charge is -2.15. The molecule has 30 heavy (non-hydrogen) atoms. The Hall–Kier alpha value is -1.12. The molecule has 0 aromatic rings. The maximum atomic E-state index is 12.4. The van der Waals surface area contributed by atoms with Gasteiger partial charge in [0.25, 0.3) is 0 Å². The van der Waals surface area contributed by atoms with Gasteiger partial charge in [-0.2, -0.15) is 5.26 Å². The van der Waals surface area contributed by atoms with Crippen LogP contribution in [0.15, 0.2) is 0 Å². The van der Waals surface area contributed by atoms with E-state index in [0.29, 0.717) is 13.2 Å². The number of rotatable bonds is 23. The fourth-order valence-corrected chi connectivity index (χ4v) is 3.82. The van der Waals surface area contributed by atoms with Crippen LogP contribution < -0.4 is 0 Å². The van der Waals surface area contributed by atoms with Crippen molar-refractivity contribution in [2.24, 2.45) is 5.92 Å². The molecule has 0 saturated carbocycles. The minimum Gasteiger partial charge on any atom is -0.464 e. The molecule has 0 heterocycles. The van der Waals surface area contributed by atoms with E-state index in [2.05, 4.69) is 0 Å². The molecule has 0 bridgehead atoms. The quantitative estimate of drug-likeness (QED) is 0.153. The van der Waals surface area contributed by atoms with E-state index in [-0.39, 0.29) is 24.9 Å². The number of nitrogens with zero attached hydrogens (tertiary/aromatic N) is 1. The SMILES string of the molecule is N#CCCOC(=O)C(CCCCCCCCCCO)CCCCCCCCCCO. The van der Waals surface area contributed by atoms with Gasteiger partial charge in [0.1, 0.15) is 6.61 Å². The van der Waals surface area contributed by atoms with E-state index in [4.69, 9.17) is 20.2 Å². The molecule has 176 valence electrons. The standard InChI is InChI=1S/C25H47NO4/c26-20-17-23-30-25(29)24(18-13-9-5-1-3-7-11-15-21-27)19-14-10-6-2-4-8-12-16-22-28/h24,27-28H,1-19,21-23H2. The average Bonchev–Trinajstić information content (AvgIpc) is 2.75. The highest BCUT2D eigenvalue weighted by Gasteiger charge is 2.19. The van der Waals surface area contributed by atoms with E-state index in [1.54, 1.807) is 0 Å². The highest BCUT2D eigenvalue weighted by Crippen LogP contribution is 2.21. The molecule has 0 rings (SSSR count). The smallest absolute Gasteiger partial charge is 0.308 e. The summed E-state index contributed by atoms with van der Waals surface area (Å²) in [6.07, 6.45) is 20.4. The zero-order valence-electron chi connectivity index (χ0n) is 19.3.